The largest absolute Gasteiger partial charge is 0.416 e. The fourth-order valence-electron chi connectivity index (χ4n) is 5.97. The summed E-state index contributed by atoms with van der Waals surface area (Å²) in [5.41, 5.74) is 6.35. The number of nitrogens with zero attached hydrogens (tertiary/aromatic N) is 1. The van der Waals surface area contributed by atoms with E-state index in [1.165, 1.54) is 31.0 Å². The van der Waals surface area contributed by atoms with E-state index in [1.807, 2.05) is 7.05 Å². The number of nitrogens with one attached hydrogen (secondary N) is 4. The number of anilines is 2. The lowest BCUT2D eigenvalue weighted by atomic mass is 9.69. The van der Waals surface area contributed by atoms with Gasteiger partial charge in [-0.15, -0.1) is 0 Å². The highest BCUT2D eigenvalue weighted by Crippen LogP contribution is 2.47. The van der Waals surface area contributed by atoms with E-state index >= 15 is 0 Å². The molecule has 5 unspecified atom stereocenters. The molecule has 35 heavy (non-hydrogen) atoms. The highest BCUT2D eigenvalue weighted by Gasteiger charge is 2.52. The number of halogens is 3. The quantitative estimate of drug-likeness (QED) is 0.524. The van der Waals surface area contributed by atoms with Gasteiger partial charge in [-0.3, -0.25) is 9.59 Å². The van der Waals surface area contributed by atoms with E-state index < -0.39 is 17.6 Å². The summed E-state index contributed by atoms with van der Waals surface area (Å²) in [6, 6.07) is 11.1. The third-order valence-electron chi connectivity index (χ3n) is 7.55. The van der Waals surface area contributed by atoms with Gasteiger partial charge in [0.15, 0.2) is 0 Å². The van der Waals surface area contributed by atoms with Crippen molar-refractivity contribution in [1.29, 1.82) is 0 Å². The van der Waals surface area contributed by atoms with Crippen LogP contribution in [0.3, 0.4) is 0 Å². The van der Waals surface area contributed by atoms with Gasteiger partial charge >= 0.3 is 6.18 Å². The normalized spacial score (nSPS) is 28.3. The predicted molar refractivity (Wildman–Crippen MR) is 125 cm³/mol. The van der Waals surface area contributed by atoms with Crippen LogP contribution in [-0.2, 0) is 11.0 Å². The minimum absolute atomic E-state index is 0.00765. The van der Waals surface area contributed by atoms with Crippen LogP contribution >= 0.6 is 0 Å². The third-order valence-corrected chi connectivity index (χ3v) is 7.55. The lowest BCUT2D eigenvalue weighted by Crippen LogP contribution is -2.54. The Morgan fingerprint density at radius 3 is 2.54 bits per heavy atom. The number of hydrogen-bond donors (Lipinski definition) is 4. The highest BCUT2D eigenvalue weighted by molar-refractivity contribution is 6.05. The lowest BCUT2D eigenvalue weighted by molar-refractivity contribution is -0.137. The van der Waals surface area contributed by atoms with E-state index in [0.717, 1.165) is 25.0 Å². The maximum Gasteiger partial charge on any atom is 0.416 e. The summed E-state index contributed by atoms with van der Waals surface area (Å²) in [4.78, 5) is 26.0. The Kier molecular flexibility index (Phi) is 6.29. The number of fused-ring (bicyclic) bond motifs is 3. The van der Waals surface area contributed by atoms with Gasteiger partial charge < -0.3 is 10.6 Å². The summed E-state index contributed by atoms with van der Waals surface area (Å²) < 4.78 is 38.9. The zero-order valence-electron chi connectivity index (χ0n) is 19.2. The van der Waals surface area contributed by atoms with Crippen LogP contribution in [0.4, 0.5) is 24.5 Å². The maximum atomic E-state index is 13.3. The predicted octanol–water partition coefficient (Wildman–Crippen LogP) is 4.02. The molecule has 2 amide bonds. The molecule has 2 aromatic carbocycles. The number of rotatable bonds is 4. The Labute approximate surface area is 201 Å². The summed E-state index contributed by atoms with van der Waals surface area (Å²) >= 11 is 0. The summed E-state index contributed by atoms with van der Waals surface area (Å²) in [6.45, 7) is 0. The number of benzene rings is 2. The molecule has 4 N–H and O–H groups in total. The molecule has 0 spiro atoms. The van der Waals surface area contributed by atoms with Gasteiger partial charge in [0, 0.05) is 30.0 Å². The summed E-state index contributed by atoms with van der Waals surface area (Å²) in [7, 11) is 2.00. The van der Waals surface area contributed by atoms with Gasteiger partial charge in [0.05, 0.1) is 17.5 Å². The van der Waals surface area contributed by atoms with Crippen LogP contribution in [0.1, 0.15) is 41.6 Å². The first-order valence-corrected chi connectivity index (χ1v) is 11.8. The van der Waals surface area contributed by atoms with Gasteiger partial charge in [-0.2, -0.15) is 18.7 Å². The number of amides is 2. The fourth-order valence-corrected chi connectivity index (χ4v) is 5.97. The Bertz CT molecular complexity index is 1120. The number of likely N-dealkylation sites (N-methyl/N-ethyl adjacent to an activating group) is 1. The summed E-state index contributed by atoms with van der Waals surface area (Å²) in [5, 5.41) is 7.53. The maximum absolute atomic E-state index is 13.3. The van der Waals surface area contributed by atoms with Crippen LogP contribution in [0, 0.1) is 17.8 Å². The van der Waals surface area contributed by atoms with E-state index in [1.54, 1.807) is 18.2 Å². The summed E-state index contributed by atoms with van der Waals surface area (Å²) in [5.74, 6) is 0.195. The molecule has 3 fully saturated rings. The van der Waals surface area contributed by atoms with E-state index in [2.05, 4.69) is 26.6 Å². The molecule has 1 aliphatic heterocycles. The van der Waals surface area contributed by atoms with Crippen LogP contribution < -0.4 is 21.6 Å². The van der Waals surface area contributed by atoms with Crippen molar-refractivity contribution >= 4 is 23.2 Å². The second-order valence-corrected chi connectivity index (χ2v) is 9.68. The van der Waals surface area contributed by atoms with Crippen molar-refractivity contribution in [3.05, 3.63) is 59.7 Å². The number of alkyl halides is 3. The molecule has 5 atom stereocenters. The topological polar surface area (TPSA) is 85.5 Å². The van der Waals surface area contributed by atoms with Gasteiger partial charge in [0.1, 0.15) is 0 Å². The molecule has 0 aromatic heterocycles. The molecule has 7 nitrogen and oxygen atoms in total. The Balaban J connectivity index is 1.28. The van der Waals surface area contributed by atoms with E-state index in [4.69, 9.17) is 0 Å². The van der Waals surface area contributed by atoms with Crippen LogP contribution in [0.5, 0.6) is 0 Å². The van der Waals surface area contributed by atoms with Crippen molar-refractivity contribution in [2.24, 2.45) is 17.8 Å². The van der Waals surface area contributed by atoms with Gasteiger partial charge in [-0.25, -0.2) is 10.4 Å². The second-order valence-electron chi connectivity index (χ2n) is 9.68. The lowest BCUT2D eigenvalue weighted by Gasteiger charge is -2.41. The third kappa shape index (κ3) is 4.78. The Hall–Kier alpha value is -2.95. The first-order chi connectivity index (χ1) is 16.7. The first-order valence-electron chi connectivity index (χ1n) is 11.8. The van der Waals surface area contributed by atoms with Crippen molar-refractivity contribution < 1.29 is 22.8 Å². The number of carbonyl (C=O) groups excluding carboxylic acids is 2. The number of carbonyl (C=O) groups is 2. The molecule has 1 heterocycles. The van der Waals surface area contributed by atoms with Gasteiger partial charge in [0.2, 0.25) is 5.91 Å². The van der Waals surface area contributed by atoms with E-state index in [-0.39, 0.29) is 35.2 Å². The van der Waals surface area contributed by atoms with Crippen LogP contribution in [0.15, 0.2) is 48.5 Å². The molecule has 10 heteroatoms. The van der Waals surface area contributed by atoms with Crippen molar-refractivity contribution in [2.45, 2.75) is 43.9 Å². The minimum atomic E-state index is -4.50. The molecule has 1 saturated heterocycles. The molecule has 186 valence electrons. The number of hydrogen-bond acceptors (Lipinski definition) is 5. The minimum Gasteiger partial charge on any atom is -0.326 e. The molecule has 0 radical (unpaired) electrons. The average molecular weight is 488 g/mol. The molecule has 2 saturated carbocycles. The molecule has 5 rings (SSSR count). The van der Waals surface area contributed by atoms with Gasteiger partial charge in [-0.1, -0.05) is 25.0 Å². The molecular weight excluding hydrogens is 459 g/mol. The molecule has 3 aliphatic rings. The Morgan fingerprint density at radius 2 is 1.77 bits per heavy atom. The monoisotopic (exact) mass is 487 g/mol. The zero-order valence-corrected chi connectivity index (χ0v) is 19.2. The van der Waals surface area contributed by atoms with Crippen molar-refractivity contribution in [3.63, 3.8) is 0 Å². The average Bonchev–Trinajstić information content (AvgIpc) is 3.44. The first kappa shape index (κ1) is 23.8. The molecule has 2 aliphatic carbocycles. The van der Waals surface area contributed by atoms with E-state index in [0.29, 0.717) is 17.5 Å². The second kappa shape index (κ2) is 9.25. The standard InChI is InChI=1S/C25H28F3N5O2/c1-33-22-19-10-3-5-14(19)12-20(21(22)31-32-33)24(35)30-17-8-2-6-15(11-17)23(34)29-18-9-4-7-16(13-18)25(26,27)28/h2,4,6-9,11,13-14,19-22,31-32H,3,5,10,12H2,1H3,(H,29,34)(H,30,35). The van der Waals surface area contributed by atoms with Crippen LogP contribution in [0.2, 0.25) is 0 Å². The zero-order chi connectivity index (χ0) is 24.7. The van der Waals surface area contributed by atoms with E-state index in [9.17, 15) is 22.8 Å². The highest BCUT2D eigenvalue weighted by atomic mass is 19.4. The smallest absolute Gasteiger partial charge is 0.326 e. The van der Waals surface area contributed by atoms with Crippen molar-refractivity contribution in [3.8, 4) is 0 Å². The molecule has 0 bridgehead atoms. The van der Waals surface area contributed by atoms with Crippen LogP contribution in [0.25, 0.3) is 0 Å². The summed E-state index contributed by atoms with van der Waals surface area (Å²) in [6.07, 6.45) is -0.187. The van der Waals surface area contributed by atoms with Crippen LogP contribution in [-0.4, -0.2) is 36.0 Å². The SMILES string of the molecule is CN1NNC2C(C(=O)Nc3cccc(C(=O)Nc4cccc(C(F)(F)F)c4)c3)CC3CCCC3C21. The van der Waals surface area contributed by atoms with Gasteiger partial charge in [-0.05, 0) is 61.1 Å². The van der Waals surface area contributed by atoms with Gasteiger partial charge in [0.25, 0.3) is 5.91 Å². The Morgan fingerprint density at radius 1 is 1.03 bits per heavy atom. The van der Waals surface area contributed by atoms with Crippen molar-refractivity contribution in [2.75, 3.05) is 17.7 Å². The van der Waals surface area contributed by atoms with Crippen molar-refractivity contribution in [1.82, 2.24) is 16.0 Å². The number of hydrazine groups is 2. The fraction of sp³-hybridized carbons (Fsp3) is 0.440. The molecule has 2 aromatic rings. The molecular formula is C25H28F3N5O2.